The van der Waals surface area contributed by atoms with Gasteiger partial charge in [-0.3, -0.25) is 29.9 Å². The van der Waals surface area contributed by atoms with Crippen LogP contribution in [-0.4, -0.2) is 46.4 Å². The molecule has 1 aromatic carbocycles. The molecule has 2 heterocycles. The van der Waals surface area contributed by atoms with Crippen molar-refractivity contribution in [1.29, 1.82) is 0 Å². The summed E-state index contributed by atoms with van der Waals surface area (Å²) in [5.74, 6) is -1.07. The molecule has 1 saturated heterocycles. The molecule has 1 aliphatic heterocycles. The largest absolute Gasteiger partial charge is 0.495 e. The molecule has 10 nitrogen and oxygen atoms in total. The van der Waals surface area contributed by atoms with E-state index in [2.05, 4.69) is 5.32 Å². The lowest BCUT2D eigenvalue weighted by atomic mass is 10.1. The van der Waals surface area contributed by atoms with Crippen molar-refractivity contribution in [1.82, 2.24) is 14.8 Å². The van der Waals surface area contributed by atoms with E-state index in [1.807, 2.05) is 0 Å². The fourth-order valence-corrected chi connectivity index (χ4v) is 3.17. The zero-order chi connectivity index (χ0) is 21.5. The van der Waals surface area contributed by atoms with Gasteiger partial charge in [-0.25, -0.2) is 4.79 Å². The smallest absolute Gasteiger partial charge is 0.331 e. The number of non-ortho nitro benzene ring substituents is 1. The minimum absolute atomic E-state index is 0.102. The molecule has 4 amide bonds. The highest BCUT2D eigenvalue weighted by Crippen LogP contribution is 2.32. The summed E-state index contributed by atoms with van der Waals surface area (Å²) >= 11 is 0. The summed E-state index contributed by atoms with van der Waals surface area (Å²) < 4.78 is 7.08. The number of likely N-dealkylation sites (N-methyl/N-ethyl adjacent to an activating group) is 1. The van der Waals surface area contributed by atoms with Crippen LogP contribution in [0.1, 0.15) is 17.0 Å². The Morgan fingerprint density at radius 1 is 1.17 bits per heavy atom. The van der Waals surface area contributed by atoms with Gasteiger partial charge in [-0.2, -0.15) is 0 Å². The van der Waals surface area contributed by atoms with Crippen LogP contribution in [0.5, 0.6) is 5.75 Å². The molecule has 0 spiro atoms. The molecule has 0 bridgehead atoms. The second-order valence-electron chi connectivity index (χ2n) is 6.46. The van der Waals surface area contributed by atoms with Gasteiger partial charge in [0, 0.05) is 30.6 Å². The number of nitro groups is 1. The van der Waals surface area contributed by atoms with Gasteiger partial charge >= 0.3 is 6.03 Å². The lowest BCUT2D eigenvalue weighted by Crippen LogP contribution is -2.52. The number of aryl methyl sites for hydroxylation is 1. The third kappa shape index (κ3) is 3.35. The molecule has 10 heteroatoms. The number of carbonyl (C=O) groups excluding carboxylic acids is 3. The number of hydrogen-bond acceptors (Lipinski definition) is 6. The zero-order valence-electron chi connectivity index (χ0n) is 16.2. The number of carbonyl (C=O) groups is 3. The number of urea groups is 1. The number of amides is 4. The third-order valence-corrected chi connectivity index (χ3v) is 4.69. The predicted octanol–water partition coefficient (Wildman–Crippen LogP) is 2.10. The van der Waals surface area contributed by atoms with Crippen molar-refractivity contribution in [3.63, 3.8) is 0 Å². The van der Waals surface area contributed by atoms with Crippen molar-refractivity contribution >= 4 is 29.6 Å². The molecule has 1 aliphatic rings. The number of rotatable bonds is 4. The number of nitrogens with one attached hydrogen (secondary N) is 1. The van der Waals surface area contributed by atoms with Gasteiger partial charge in [-0.15, -0.1) is 0 Å². The summed E-state index contributed by atoms with van der Waals surface area (Å²) in [6, 6.07) is 5.18. The second-order valence-corrected chi connectivity index (χ2v) is 6.46. The molecule has 3 rings (SSSR count). The normalized spacial score (nSPS) is 15.7. The molecule has 0 saturated carbocycles. The van der Waals surface area contributed by atoms with Crippen LogP contribution in [0.4, 0.5) is 10.5 Å². The number of ether oxygens (including phenoxy) is 1. The van der Waals surface area contributed by atoms with Gasteiger partial charge in [-0.05, 0) is 37.6 Å². The zero-order valence-corrected chi connectivity index (χ0v) is 16.2. The predicted molar refractivity (Wildman–Crippen MR) is 103 cm³/mol. The molecule has 1 aromatic heterocycles. The van der Waals surface area contributed by atoms with Gasteiger partial charge < -0.3 is 9.30 Å². The molecule has 1 N–H and O–H groups in total. The van der Waals surface area contributed by atoms with E-state index in [-0.39, 0.29) is 11.3 Å². The quantitative estimate of drug-likeness (QED) is 0.364. The van der Waals surface area contributed by atoms with E-state index in [0.717, 1.165) is 4.90 Å². The molecular weight excluding hydrogens is 380 g/mol. The Bertz CT molecular complexity index is 1100. The topological polar surface area (TPSA) is 124 Å². The summed E-state index contributed by atoms with van der Waals surface area (Å²) in [6.45, 7) is 3.53. The standard InChI is InChI=1S/C19H18N4O6/c1-10-7-12(8-14-17(24)20-19(26)21(3)18(14)25)11(2)22(10)15-9-13(23(27)28)5-6-16(15)29-4/h5-9H,1-4H3,(H,20,24,26)/b14-8-. The monoisotopic (exact) mass is 398 g/mol. The van der Waals surface area contributed by atoms with Crippen LogP contribution >= 0.6 is 0 Å². The first-order chi connectivity index (χ1) is 13.6. The van der Waals surface area contributed by atoms with Crippen molar-refractivity contribution in [3.8, 4) is 11.4 Å². The maximum atomic E-state index is 12.3. The van der Waals surface area contributed by atoms with Crippen molar-refractivity contribution in [3.05, 3.63) is 56.9 Å². The molecular formula is C19H18N4O6. The summed E-state index contributed by atoms with van der Waals surface area (Å²) in [6.07, 6.45) is 1.39. The van der Waals surface area contributed by atoms with Gasteiger partial charge in [0.2, 0.25) is 0 Å². The van der Waals surface area contributed by atoms with Gasteiger partial charge in [0.15, 0.2) is 0 Å². The van der Waals surface area contributed by atoms with Crippen molar-refractivity contribution < 1.29 is 24.0 Å². The molecule has 0 radical (unpaired) electrons. The highest BCUT2D eigenvalue weighted by molar-refractivity contribution is 6.30. The van der Waals surface area contributed by atoms with Crippen LogP contribution in [0.15, 0.2) is 29.8 Å². The molecule has 0 unspecified atom stereocenters. The first kappa shape index (κ1) is 19.8. The lowest BCUT2D eigenvalue weighted by Gasteiger charge is -2.22. The van der Waals surface area contributed by atoms with E-state index in [1.54, 1.807) is 24.5 Å². The molecule has 2 aromatic rings. The lowest BCUT2D eigenvalue weighted by molar-refractivity contribution is -0.384. The maximum Gasteiger partial charge on any atom is 0.331 e. The fourth-order valence-electron chi connectivity index (χ4n) is 3.17. The van der Waals surface area contributed by atoms with Gasteiger partial charge in [0.05, 0.1) is 17.7 Å². The van der Waals surface area contributed by atoms with E-state index < -0.39 is 22.8 Å². The van der Waals surface area contributed by atoms with Crippen LogP contribution in [0.3, 0.4) is 0 Å². The Kier molecular flexibility index (Phi) is 4.93. The number of methoxy groups -OCH3 is 1. The number of nitro benzene ring substituents is 1. The summed E-state index contributed by atoms with van der Waals surface area (Å²) in [5.41, 5.74) is 2.06. The first-order valence-electron chi connectivity index (χ1n) is 8.52. The molecule has 150 valence electrons. The Morgan fingerprint density at radius 3 is 2.48 bits per heavy atom. The van der Waals surface area contributed by atoms with Gasteiger partial charge in [0.1, 0.15) is 11.3 Å². The summed E-state index contributed by atoms with van der Waals surface area (Å²) in [4.78, 5) is 47.5. The average molecular weight is 398 g/mol. The number of nitrogens with zero attached hydrogens (tertiary/aromatic N) is 3. The molecule has 0 aliphatic carbocycles. The molecule has 0 atom stereocenters. The average Bonchev–Trinajstić information content (AvgIpc) is 2.96. The van der Waals surface area contributed by atoms with Crippen LogP contribution in [-0.2, 0) is 9.59 Å². The van der Waals surface area contributed by atoms with Crippen molar-refractivity contribution in [2.45, 2.75) is 13.8 Å². The molecule has 1 fully saturated rings. The van der Waals surface area contributed by atoms with E-state index in [0.29, 0.717) is 28.4 Å². The number of barbiturate groups is 1. The number of hydrogen-bond donors (Lipinski definition) is 1. The van der Waals surface area contributed by atoms with Crippen molar-refractivity contribution in [2.24, 2.45) is 0 Å². The molecule has 29 heavy (non-hydrogen) atoms. The van der Waals surface area contributed by atoms with Crippen LogP contribution in [0, 0.1) is 24.0 Å². The number of benzene rings is 1. The summed E-state index contributed by atoms with van der Waals surface area (Å²) in [7, 11) is 2.73. The highest BCUT2D eigenvalue weighted by Gasteiger charge is 2.33. The Hall–Kier alpha value is -3.95. The summed E-state index contributed by atoms with van der Waals surface area (Å²) in [5, 5.41) is 13.3. The second kappa shape index (κ2) is 7.23. The number of imide groups is 2. The van der Waals surface area contributed by atoms with Gasteiger partial charge in [-0.1, -0.05) is 0 Å². The SMILES string of the molecule is COc1ccc([N+](=O)[O-])cc1-n1c(C)cc(/C=C2/C(=O)NC(=O)N(C)C2=O)c1C. The fraction of sp³-hybridized carbons (Fsp3) is 0.211. The Labute approximate surface area is 165 Å². The Morgan fingerprint density at radius 2 is 1.86 bits per heavy atom. The minimum atomic E-state index is -0.788. The van der Waals surface area contributed by atoms with Crippen molar-refractivity contribution in [2.75, 3.05) is 14.2 Å². The van der Waals surface area contributed by atoms with E-state index in [1.165, 1.54) is 38.4 Å². The van der Waals surface area contributed by atoms with Crippen LogP contribution in [0.2, 0.25) is 0 Å². The van der Waals surface area contributed by atoms with Crippen LogP contribution < -0.4 is 10.1 Å². The van der Waals surface area contributed by atoms with E-state index in [4.69, 9.17) is 4.74 Å². The first-order valence-corrected chi connectivity index (χ1v) is 8.52. The Balaban J connectivity index is 2.15. The van der Waals surface area contributed by atoms with E-state index in [9.17, 15) is 24.5 Å². The highest BCUT2D eigenvalue weighted by atomic mass is 16.6. The minimum Gasteiger partial charge on any atom is -0.495 e. The third-order valence-electron chi connectivity index (χ3n) is 4.69. The maximum absolute atomic E-state index is 12.3. The number of aromatic nitrogens is 1. The van der Waals surface area contributed by atoms with Crippen LogP contribution in [0.25, 0.3) is 11.8 Å². The van der Waals surface area contributed by atoms with Gasteiger partial charge in [0.25, 0.3) is 17.5 Å². The van der Waals surface area contributed by atoms with E-state index >= 15 is 0 Å².